The molecule has 0 bridgehead atoms. The number of piperazine rings is 1. The number of likely N-dealkylation sites (N-methyl/N-ethyl adjacent to an activating group) is 1. The molecule has 1 aromatic heterocycles. The number of thiophene rings is 1. The molecule has 0 spiro atoms. The zero-order valence-electron chi connectivity index (χ0n) is 16.3. The van der Waals surface area contributed by atoms with Crippen LogP contribution in [0.3, 0.4) is 0 Å². The molecule has 1 saturated heterocycles. The van der Waals surface area contributed by atoms with Gasteiger partial charge in [-0.05, 0) is 49.0 Å². The highest BCUT2D eigenvalue weighted by molar-refractivity contribution is 7.10. The lowest BCUT2D eigenvalue weighted by atomic mass is 9.94. The molecule has 0 amide bonds. The van der Waals surface area contributed by atoms with Crippen LogP contribution >= 0.6 is 11.3 Å². The molecule has 0 atom stereocenters. The minimum Gasteiger partial charge on any atom is -0.508 e. The summed E-state index contributed by atoms with van der Waals surface area (Å²) in [6, 6.07) is 10.6. The van der Waals surface area contributed by atoms with Gasteiger partial charge in [0.2, 0.25) is 0 Å². The van der Waals surface area contributed by atoms with Crippen molar-refractivity contribution in [3.05, 3.63) is 51.7 Å². The third-order valence-electron chi connectivity index (χ3n) is 6.21. The van der Waals surface area contributed by atoms with Gasteiger partial charge in [0.15, 0.2) is 0 Å². The highest BCUT2D eigenvalue weighted by Crippen LogP contribution is 2.41. The van der Waals surface area contributed by atoms with Gasteiger partial charge in [0, 0.05) is 49.7 Å². The topological polar surface area (TPSA) is 38.7 Å². The standard InChI is InChI=1S/C22H31N3OS.CH4/c1-24-10-12-25(13-11-24)17-19-15-18(6-7-20(19)26)16-23-22(8-2-3-9-22)21-5-4-14-27-21;/h4-7,14-15,23,26H,2-3,8-13,16-17H2,1H3;1H4. The summed E-state index contributed by atoms with van der Waals surface area (Å²) in [5.74, 6) is 0.423. The SMILES string of the molecule is C.CN1CCN(Cc2cc(CNC3(c4cccs4)CCCC3)ccc2O)CC1. The molecule has 0 unspecified atom stereocenters. The average Bonchev–Trinajstić information content (AvgIpc) is 3.36. The molecular weight excluding hydrogens is 366 g/mol. The number of phenolic OH excluding ortho intramolecular Hbond substituents is 1. The van der Waals surface area contributed by atoms with E-state index >= 15 is 0 Å². The van der Waals surface area contributed by atoms with Gasteiger partial charge in [0.25, 0.3) is 0 Å². The van der Waals surface area contributed by atoms with Crippen LogP contribution in [0.2, 0.25) is 0 Å². The summed E-state index contributed by atoms with van der Waals surface area (Å²) in [5.41, 5.74) is 2.46. The van der Waals surface area contributed by atoms with E-state index in [2.05, 4.69) is 51.8 Å². The van der Waals surface area contributed by atoms with Gasteiger partial charge in [-0.3, -0.25) is 4.90 Å². The van der Waals surface area contributed by atoms with Gasteiger partial charge in [-0.2, -0.15) is 0 Å². The second-order valence-corrected chi connectivity index (χ2v) is 9.11. The number of nitrogens with one attached hydrogen (secondary N) is 1. The molecule has 1 aliphatic carbocycles. The van der Waals surface area contributed by atoms with Gasteiger partial charge in [-0.15, -0.1) is 11.3 Å². The molecule has 0 radical (unpaired) electrons. The first-order valence-electron chi connectivity index (χ1n) is 10.2. The Balaban J connectivity index is 0.00000225. The Hall–Kier alpha value is -1.40. The summed E-state index contributed by atoms with van der Waals surface area (Å²) in [7, 11) is 2.17. The fraction of sp³-hybridized carbons (Fsp3) is 0.565. The van der Waals surface area contributed by atoms with Gasteiger partial charge in [0.1, 0.15) is 5.75 Å². The van der Waals surface area contributed by atoms with E-state index < -0.39 is 0 Å². The molecule has 2 fully saturated rings. The molecule has 2 heterocycles. The second-order valence-electron chi connectivity index (χ2n) is 8.16. The van der Waals surface area contributed by atoms with Crippen LogP contribution < -0.4 is 5.32 Å². The molecule has 2 aliphatic rings. The Labute approximate surface area is 174 Å². The first-order chi connectivity index (χ1) is 13.1. The maximum Gasteiger partial charge on any atom is 0.120 e. The third-order valence-corrected chi connectivity index (χ3v) is 7.29. The van der Waals surface area contributed by atoms with Crippen molar-refractivity contribution in [3.63, 3.8) is 0 Å². The normalized spacial score (nSPS) is 20.2. The molecule has 28 heavy (non-hydrogen) atoms. The van der Waals surface area contributed by atoms with E-state index in [1.54, 1.807) is 0 Å². The lowest BCUT2D eigenvalue weighted by Crippen LogP contribution is -2.43. The molecule has 154 valence electrons. The minimum absolute atomic E-state index is 0. The van der Waals surface area contributed by atoms with Crippen LogP contribution in [0.4, 0.5) is 0 Å². The molecule has 4 nitrogen and oxygen atoms in total. The lowest BCUT2D eigenvalue weighted by Gasteiger charge is -2.32. The van der Waals surface area contributed by atoms with Crippen molar-refractivity contribution in [2.45, 2.75) is 51.7 Å². The molecule has 5 heteroatoms. The van der Waals surface area contributed by atoms with Crippen molar-refractivity contribution in [2.24, 2.45) is 0 Å². The van der Waals surface area contributed by atoms with Crippen molar-refractivity contribution >= 4 is 11.3 Å². The zero-order valence-corrected chi connectivity index (χ0v) is 17.1. The summed E-state index contributed by atoms with van der Waals surface area (Å²) < 4.78 is 0. The fourth-order valence-electron chi connectivity index (χ4n) is 4.43. The monoisotopic (exact) mass is 401 g/mol. The quantitative estimate of drug-likeness (QED) is 0.753. The molecule has 2 aromatic rings. The molecule has 1 saturated carbocycles. The van der Waals surface area contributed by atoms with Crippen LogP contribution in [0.5, 0.6) is 5.75 Å². The highest BCUT2D eigenvalue weighted by atomic mass is 32.1. The Morgan fingerprint density at radius 3 is 2.54 bits per heavy atom. The van der Waals surface area contributed by atoms with Crippen LogP contribution in [0, 0.1) is 0 Å². The first-order valence-corrected chi connectivity index (χ1v) is 11.0. The molecule has 4 rings (SSSR count). The smallest absolute Gasteiger partial charge is 0.120 e. The van der Waals surface area contributed by atoms with Crippen LogP contribution in [0.15, 0.2) is 35.7 Å². The van der Waals surface area contributed by atoms with Gasteiger partial charge < -0.3 is 15.3 Å². The van der Waals surface area contributed by atoms with Crippen LogP contribution in [0.1, 0.15) is 49.1 Å². The molecule has 1 aliphatic heterocycles. The maximum absolute atomic E-state index is 10.3. The van der Waals surface area contributed by atoms with Crippen molar-refractivity contribution in [1.29, 1.82) is 0 Å². The molecule has 2 N–H and O–H groups in total. The van der Waals surface area contributed by atoms with E-state index in [4.69, 9.17) is 0 Å². The largest absolute Gasteiger partial charge is 0.508 e. The number of hydrogen-bond acceptors (Lipinski definition) is 5. The summed E-state index contributed by atoms with van der Waals surface area (Å²) in [5, 5.41) is 16.4. The predicted molar refractivity (Wildman–Crippen MR) is 119 cm³/mol. The number of benzene rings is 1. The van der Waals surface area contributed by atoms with Gasteiger partial charge in [0.05, 0.1) is 5.54 Å². The van der Waals surface area contributed by atoms with Gasteiger partial charge in [-0.25, -0.2) is 0 Å². The van der Waals surface area contributed by atoms with Crippen molar-refractivity contribution in [3.8, 4) is 5.75 Å². The first kappa shape index (κ1) is 21.3. The maximum atomic E-state index is 10.3. The fourth-order valence-corrected chi connectivity index (χ4v) is 5.40. The Kier molecular flexibility index (Phi) is 7.15. The lowest BCUT2D eigenvalue weighted by molar-refractivity contribution is 0.147. The predicted octanol–water partition coefficient (Wildman–Crippen LogP) is 4.40. The molecular formula is C23H35N3OS. The Morgan fingerprint density at radius 1 is 1.11 bits per heavy atom. The van der Waals surface area contributed by atoms with Crippen LogP contribution in [-0.2, 0) is 18.6 Å². The number of hydrogen-bond donors (Lipinski definition) is 2. The van der Waals surface area contributed by atoms with E-state index in [0.29, 0.717) is 5.75 Å². The second kappa shape index (κ2) is 9.40. The number of phenols is 1. The van der Waals surface area contributed by atoms with Crippen molar-refractivity contribution < 1.29 is 5.11 Å². The van der Waals surface area contributed by atoms with E-state index in [1.807, 2.05) is 17.4 Å². The zero-order chi connectivity index (χ0) is 18.7. The van der Waals surface area contributed by atoms with E-state index in [0.717, 1.165) is 44.8 Å². The van der Waals surface area contributed by atoms with Crippen molar-refractivity contribution in [2.75, 3.05) is 33.2 Å². The van der Waals surface area contributed by atoms with E-state index in [9.17, 15) is 5.11 Å². The summed E-state index contributed by atoms with van der Waals surface area (Å²) in [6.07, 6.45) is 5.05. The van der Waals surface area contributed by atoms with Crippen LogP contribution in [-0.4, -0.2) is 48.1 Å². The van der Waals surface area contributed by atoms with Crippen LogP contribution in [0.25, 0.3) is 0 Å². The summed E-state index contributed by atoms with van der Waals surface area (Å²) in [6.45, 7) is 6.04. The number of aromatic hydroxyl groups is 1. The van der Waals surface area contributed by atoms with E-state index in [1.165, 1.54) is 36.1 Å². The summed E-state index contributed by atoms with van der Waals surface area (Å²) >= 11 is 1.87. The van der Waals surface area contributed by atoms with Crippen molar-refractivity contribution in [1.82, 2.24) is 15.1 Å². The highest BCUT2D eigenvalue weighted by Gasteiger charge is 2.35. The number of nitrogens with zero attached hydrogens (tertiary/aromatic N) is 2. The minimum atomic E-state index is 0. The Morgan fingerprint density at radius 2 is 1.86 bits per heavy atom. The van der Waals surface area contributed by atoms with Gasteiger partial charge in [-0.1, -0.05) is 32.4 Å². The number of rotatable bonds is 6. The third kappa shape index (κ3) is 4.77. The molecule has 1 aromatic carbocycles. The Bertz CT molecular complexity index is 732. The summed E-state index contributed by atoms with van der Waals surface area (Å²) in [4.78, 5) is 6.27. The average molecular weight is 402 g/mol. The van der Waals surface area contributed by atoms with Gasteiger partial charge >= 0.3 is 0 Å². The van der Waals surface area contributed by atoms with E-state index in [-0.39, 0.29) is 13.0 Å².